The Kier molecular flexibility index (Phi) is 4.16. The average Bonchev–Trinajstić information content (AvgIpc) is 3.15. The number of pyridine rings is 1. The maximum absolute atomic E-state index is 12.8. The molecule has 0 saturated carbocycles. The van der Waals surface area contributed by atoms with E-state index in [0.29, 0.717) is 0 Å². The maximum atomic E-state index is 12.8. The van der Waals surface area contributed by atoms with Gasteiger partial charge in [0.25, 0.3) is 5.91 Å². The van der Waals surface area contributed by atoms with Gasteiger partial charge in [-0.1, -0.05) is 0 Å². The summed E-state index contributed by atoms with van der Waals surface area (Å²) in [4.78, 5) is 22.1. The van der Waals surface area contributed by atoms with Crippen LogP contribution < -0.4 is 4.90 Å². The van der Waals surface area contributed by atoms with Crippen molar-refractivity contribution < 1.29 is 4.79 Å². The van der Waals surface area contributed by atoms with E-state index >= 15 is 0 Å². The Morgan fingerprint density at radius 1 is 1.41 bits per heavy atom. The van der Waals surface area contributed by atoms with Crippen LogP contribution in [0.15, 0.2) is 29.8 Å². The van der Waals surface area contributed by atoms with Crippen molar-refractivity contribution in [2.45, 2.75) is 25.8 Å². The Morgan fingerprint density at radius 2 is 2.23 bits per heavy atom. The molecule has 0 aromatic carbocycles. The normalized spacial score (nSPS) is 17.8. The molecule has 1 aliphatic rings. The summed E-state index contributed by atoms with van der Waals surface area (Å²) in [5.41, 5.74) is 2.25. The molecule has 3 rings (SSSR count). The molecule has 116 valence electrons. The van der Waals surface area contributed by atoms with Gasteiger partial charge in [-0.25, -0.2) is 4.98 Å². The van der Waals surface area contributed by atoms with Gasteiger partial charge in [0.05, 0.1) is 10.9 Å². The molecule has 2 aromatic rings. The second-order valence-electron chi connectivity index (χ2n) is 5.93. The van der Waals surface area contributed by atoms with Gasteiger partial charge in [-0.15, -0.1) is 11.3 Å². The van der Waals surface area contributed by atoms with Gasteiger partial charge in [0.1, 0.15) is 5.82 Å². The monoisotopic (exact) mass is 315 g/mol. The van der Waals surface area contributed by atoms with Crippen molar-refractivity contribution in [3.8, 4) is 0 Å². The fourth-order valence-electron chi connectivity index (χ4n) is 2.96. The van der Waals surface area contributed by atoms with E-state index in [2.05, 4.69) is 11.1 Å². The van der Waals surface area contributed by atoms with E-state index in [1.807, 2.05) is 54.5 Å². The van der Waals surface area contributed by atoms with Crippen LogP contribution >= 0.6 is 11.3 Å². The minimum absolute atomic E-state index is 0.163. The van der Waals surface area contributed by atoms with Crippen LogP contribution in [0.5, 0.6) is 0 Å². The molecule has 1 amide bonds. The van der Waals surface area contributed by atoms with Crippen molar-refractivity contribution in [2.24, 2.45) is 0 Å². The van der Waals surface area contributed by atoms with E-state index in [1.54, 1.807) is 0 Å². The van der Waals surface area contributed by atoms with Gasteiger partial charge in [0.15, 0.2) is 0 Å². The van der Waals surface area contributed by atoms with Crippen LogP contribution in [-0.4, -0.2) is 36.4 Å². The summed E-state index contributed by atoms with van der Waals surface area (Å²) in [5, 5.41) is 1.99. The quantitative estimate of drug-likeness (QED) is 0.870. The number of likely N-dealkylation sites (tertiary alicyclic amines) is 1. The SMILES string of the molecule is Cc1ccsc1C(=O)N1CCC[C@H]1c1ccnc(N(C)C)c1. The van der Waals surface area contributed by atoms with Crippen LogP contribution in [0.3, 0.4) is 0 Å². The third-order valence-electron chi connectivity index (χ3n) is 4.18. The standard InChI is InChI=1S/C17H21N3OS/c1-12-7-10-22-16(12)17(21)20-9-4-5-14(20)13-6-8-18-15(11-13)19(2)3/h6-8,10-11,14H,4-5,9H2,1-3H3/t14-/m0/s1. The molecular weight excluding hydrogens is 294 g/mol. The first-order valence-corrected chi connectivity index (χ1v) is 8.44. The fourth-order valence-corrected chi connectivity index (χ4v) is 3.84. The highest BCUT2D eigenvalue weighted by Crippen LogP contribution is 2.35. The van der Waals surface area contributed by atoms with Gasteiger partial charge in [-0.05, 0) is 54.5 Å². The minimum atomic E-state index is 0.163. The lowest BCUT2D eigenvalue weighted by Crippen LogP contribution is -2.30. The number of aromatic nitrogens is 1. The molecular formula is C17H21N3OS. The van der Waals surface area contributed by atoms with Crippen LogP contribution in [0, 0.1) is 6.92 Å². The lowest BCUT2D eigenvalue weighted by molar-refractivity contribution is 0.0740. The summed E-state index contributed by atoms with van der Waals surface area (Å²) in [6.45, 7) is 2.84. The Morgan fingerprint density at radius 3 is 2.91 bits per heavy atom. The summed E-state index contributed by atoms with van der Waals surface area (Å²) >= 11 is 1.54. The van der Waals surface area contributed by atoms with Gasteiger partial charge >= 0.3 is 0 Å². The molecule has 0 radical (unpaired) electrons. The lowest BCUT2D eigenvalue weighted by atomic mass is 10.1. The van der Waals surface area contributed by atoms with E-state index in [0.717, 1.165) is 35.6 Å². The number of carbonyl (C=O) groups excluding carboxylic acids is 1. The summed E-state index contributed by atoms with van der Waals surface area (Å²) in [6, 6.07) is 6.30. The molecule has 0 bridgehead atoms. The van der Waals surface area contributed by atoms with Crippen LogP contribution in [0.4, 0.5) is 5.82 Å². The Hall–Kier alpha value is -1.88. The van der Waals surface area contributed by atoms with Gasteiger partial charge < -0.3 is 9.80 Å². The number of aryl methyl sites for hydroxylation is 1. The van der Waals surface area contributed by atoms with Crippen molar-refractivity contribution in [1.29, 1.82) is 0 Å². The highest BCUT2D eigenvalue weighted by atomic mass is 32.1. The maximum Gasteiger partial charge on any atom is 0.264 e. The first-order valence-electron chi connectivity index (χ1n) is 7.56. The summed E-state index contributed by atoms with van der Waals surface area (Å²) in [7, 11) is 3.97. The molecule has 1 fully saturated rings. The molecule has 0 unspecified atom stereocenters. The molecule has 0 aliphatic carbocycles. The van der Waals surface area contributed by atoms with Crippen LogP contribution in [0.2, 0.25) is 0 Å². The highest BCUT2D eigenvalue weighted by Gasteiger charge is 2.31. The van der Waals surface area contributed by atoms with E-state index < -0.39 is 0 Å². The highest BCUT2D eigenvalue weighted by molar-refractivity contribution is 7.12. The van der Waals surface area contributed by atoms with E-state index in [9.17, 15) is 4.79 Å². The number of hydrogen-bond acceptors (Lipinski definition) is 4. The minimum Gasteiger partial charge on any atom is -0.363 e. The molecule has 5 heteroatoms. The zero-order valence-corrected chi connectivity index (χ0v) is 14.1. The molecule has 0 spiro atoms. The van der Waals surface area contributed by atoms with Crippen molar-refractivity contribution in [2.75, 3.05) is 25.5 Å². The van der Waals surface area contributed by atoms with Gasteiger partial charge in [0.2, 0.25) is 0 Å². The van der Waals surface area contributed by atoms with E-state index in [1.165, 1.54) is 16.9 Å². The molecule has 22 heavy (non-hydrogen) atoms. The van der Waals surface area contributed by atoms with Gasteiger partial charge in [-0.2, -0.15) is 0 Å². The number of rotatable bonds is 3. The second kappa shape index (κ2) is 6.08. The predicted molar refractivity (Wildman–Crippen MR) is 90.6 cm³/mol. The molecule has 4 nitrogen and oxygen atoms in total. The molecule has 0 N–H and O–H groups in total. The van der Waals surface area contributed by atoms with Crippen molar-refractivity contribution in [3.63, 3.8) is 0 Å². The Balaban J connectivity index is 1.89. The Bertz CT molecular complexity index is 680. The Labute approximate surface area is 135 Å². The van der Waals surface area contributed by atoms with Crippen molar-refractivity contribution in [3.05, 3.63) is 45.8 Å². The molecule has 2 aromatic heterocycles. The smallest absolute Gasteiger partial charge is 0.264 e. The number of amides is 1. The predicted octanol–water partition coefficient (Wildman–Crippen LogP) is 3.49. The number of thiophene rings is 1. The topological polar surface area (TPSA) is 36.4 Å². The van der Waals surface area contributed by atoms with E-state index in [-0.39, 0.29) is 11.9 Å². The molecule has 1 saturated heterocycles. The largest absolute Gasteiger partial charge is 0.363 e. The average molecular weight is 315 g/mol. The fraction of sp³-hybridized carbons (Fsp3) is 0.412. The first-order chi connectivity index (χ1) is 10.6. The second-order valence-corrected chi connectivity index (χ2v) is 6.85. The third kappa shape index (κ3) is 2.73. The third-order valence-corrected chi connectivity index (χ3v) is 5.19. The van der Waals surface area contributed by atoms with Crippen molar-refractivity contribution in [1.82, 2.24) is 9.88 Å². The zero-order valence-electron chi connectivity index (χ0n) is 13.2. The molecule has 1 atom stereocenters. The number of anilines is 1. The first kappa shape index (κ1) is 15.0. The summed E-state index contributed by atoms with van der Waals surface area (Å²) in [6.07, 6.45) is 3.91. The van der Waals surface area contributed by atoms with Crippen molar-refractivity contribution >= 4 is 23.1 Å². The summed E-state index contributed by atoms with van der Waals surface area (Å²) < 4.78 is 0. The van der Waals surface area contributed by atoms with Gasteiger partial charge in [0, 0.05) is 26.8 Å². The van der Waals surface area contributed by atoms with E-state index in [4.69, 9.17) is 0 Å². The molecule has 1 aliphatic heterocycles. The number of hydrogen-bond donors (Lipinski definition) is 0. The molecule has 3 heterocycles. The van der Waals surface area contributed by atoms with Crippen LogP contribution in [0.25, 0.3) is 0 Å². The lowest BCUT2D eigenvalue weighted by Gasteiger charge is -2.25. The summed E-state index contributed by atoms with van der Waals surface area (Å²) in [5.74, 6) is 1.10. The zero-order chi connectivity index (χ0) is 15.7. The van der Waals surface area contributed by atoms with Crippen LogP contribution in [-0.2, 0) is 0 Å². The number of carbonyl (C=O) groups is 1. The van der Waals surface area contributed by atoms with Crippen LogP contribution in [0.1, 0.15) is 39.7 Å². The number of nitrogens with zero attached hydrogens (tertiary/aromatic N) is 3. The van der Waals surface area contributed by atoms with Gasteiger partial charge in [-0.3, -0.25) is 4.79 Å².